The van der Waals surface area contributed by atoms with Crippen molar-refractivity contribution in [2.45, 2.75) is 44.7 Å². The molecule has 1 aliphatic carbocycles. The molecule has 1 aromatic rings. The van der Waals surface area contributed by atoms with Gasteiger partial charge in [0.15, 0.2) is 0 Å². The van der Waals surface area contributed by atoms with Crippen LogP contribution in [0.5, 0.6) is 0 Å². The van der Waals surface area contributed by atoms with Gasteiger partial charge in [-0.2, -0.15) is 0 Å². The first-order chi connectivity index (χ1) is 6.95. The second-order valence-corrected chi connectivity index (χ2v) is 4.04. The Morgan fingerprint density at radius 2 is 2.00 bits per heavy atom. The third kappa shape index (κ3) is 4.31. The van der Waals surface area contributed by atoms with Crippen molar-refractivity contribution in [1.29, 1.82) is 0 Å². The molecule has 1 fully saturated rings. The van der Waals surface area contributed by atoms with E-state index in [2.05, 4.69) is 16.4 Å². The molecule has 15 heavy (non-hydrogen) atoms. The number of halogens is 1. The van der Waals surface area contributed by atoms with Gasteiger partial charge in [-0.05, 0) is 25.0 Å². The lowest BCUT2D eigenvalue weighted by Gasteiger charge is -2.22. The largest absolute Gasteiger partial charge is 0.308 e. The Hall–Kier alpha value is -0.410. The summed E-state index contributed by atoms with van der Waals surface area (Å²) in [5, 5.41) is 3.58. The maximum atomic E-state index is 4.30. The second kappa shape index (κ2) is 6.96. The van der Waals surface area contributed by atoms with E-state index in [1.165, 1.54) is 32.1 Å². The molecule has 2 rings (SSSR count). The van der Waals surface area contributed by atoms with Crippen LogP contribution in [-0.4, -0.2) is 11.0 Å². The minimum atomic E-state index is 0. The minimum absolute atomic E-state index is 0. The van der Waals surface area contributed by atoms with Crippen LogP contribution >= 0.6 is 17.0 Å². The molecule has 0 aromatic carbocycles. The van der Waals surface area contributed by atoms with E-state index in [1.807, 2.05) is 18.3 Å². The van der Waals surface area contributed by atoms with Crippen molar-refractivity contribution in [3.63, 3.8) is 0 Å². The molecule has 0 amide bonds. The van der Waals surface area contributed by atoms with Crippen molar-refractivity contribution >= 4 is 17.0 Å². The molecule has 2 nitrogen and oxygen atoms in total. The lowest BCUT2D eigenvalue weighted by Crippen LogP contribution is -2.30. The molecule has 0 spiro atoms. The van der Waals surface area contributed by atoms with E-state index in [1.54, 1.807) is 0 Å². The lowest BCUT2D eigenvalue weighted by molar-refractivity contribution is 0.371. The number of aromatic nitrogens is 1. The number of nitrogens with one attached hydrogen (secondary N) is 1. The zero-order chi connectivity index (χ0) is 9.64. The van der Waals surface area contributed by atoms with Gasteiger partial charge in [0.05, 0.1) is 5.69 Å². The highest BCUT2D eigenvalue weighted by molar-refractivity contribution is 8.93. The number of hydrogen-bond acceptors (Lipinski definition) is 2. The third-order valence-corrected chi connectivity index (χ3v) is 2.90. The average molecular weight is 271 g/mol. The molecule has 0 atom stereocenters. The number of pyridine rings is 1. The Morgan fingerprint density at radius 3 is 2.67 bits per heavy atom. The summed E-state index contributed by atoms with van der Waals surface area (Å²) in [7, 11) is 0. The first-order valence-corrected chi connectivity index (χ1v) is 5.58. The molecule has 0 radical (unpaired) electrons. The molecule has 1 aromatic heterocycles. The monoisotopic (exact) mass is 270 g/mol. The molecular formula is C12H19BrN2. The van der Waals surface area contributed by atoms with Gasteiger partial charge in [0.2, 0.25) is 0 Å². The van der Waals surface area contributed by atoms with E-state index in [9.17, 15) is 0 Å². The first kappa shape index (κ1) is 12.7. The molecule has 1 N–H and O–H groups in total. The molecule has 0 bridgehead atoms. The van der Waals surface area contributed by atoms with Gasteiger partial charge in [0.25, 0.3) is 0 Å². The van der Waals surface area contributed by atoms with Crippen LogP contribution in [0.4, 0.5) is 0 Å². The van der Waals surface area contributed by atoms with Crippen LogP contribution in [-0.2, 0) is 6.54 Å². The summed E-state index contributed by atoms with van der Waals surface area (Å²) in [5.74, 6) is 0. The van der Waals surface area contributed by atoms with Crippen LogP contribution < -0.4 is 5.32 Å². The first-order valence-electron chi connectivity index (χ1n) is 5.58. The van der Waals surface area contributed by atoms with E-state index < -0.39 is 0 Å². The van der Waals surface area contributed by atoms with Crippen LogP contribution in [0, 0.1) is 0 Å². The number of hydrogen-bond donors (Lipinski definition) is 1. The summed E-state index contributed by atoms with van der Waals surface area (Å²) >= 11 is 0. The fourth-order valence-electron chi connectivity index (χ4n) is 2.06. The Morgan fingerprint density at radius 1 is 1.20 bits per heavy atom. The van der Waals surface area contributed by atoms with Crippen LogP contribution in [0.1, 0.15) is 37.8 Å². The predicted molar refractivity (Wildman–Crippen MR) is 68.3 cm³/mol. The summed E-state index contributed by atoms with van der Waals surface area (Å²) in [6.07, 6.45) is 8.74. The molecule has 1 heterocycles. The lowest BCUT2D eigenvalue weighted by atomic mass is 9.95. The molecule has 0 aliphatic heterocycles. The van der Waals surface area contributed by atoms with E-state index in [4.69, 9.17) is 0 Å². The van der Waals surface area contributed by atoms with Gasteiger partial charge in [0.1, 0.15) is 0 Å². The van der Waals surface area contributed by atoms with E-state index in [0.717, 1.165) is 18.3 Å². The molecule has 0 unspecified atom stereocenters. The van der Waals surface area contributed by atoms with Crippen LogP contribution in [0.15, 0.2) is 24.4 Å². The van der Waals surface area contributed by atoms with Gasteiger partial charge in [-0.15, -0.1) is 17.0 Å². The number of rotatable bonds is 3. The quantitative estimate of drug-likeness (QED) is 0.913. The molecule has 84 valence electrons. The van der Waals surface area contributed by atoms with Crippen molar-refractivity contribution in [3.05, 3.63) is 30.1 Å². The minimum Gasteiger partial charge on any atom is -0.308 e. The summed E-state index contributed by atoms with van der Waals surface area (Å²) in [6.45, 7) is 0.922. The molecule has 1 saturated carbocycles. The number of nitrogens with zero attached hydrogens (tertiary/aromatic N) is 1. The summed E-state index contributed by atoms with van der Waals surface area (Å²) in [5.41, 5.74) is 1.15. The van der Waals surface area contributed by atoms with Crippen LogP contribution in [0.3, 0.4) is 0 Å². The van der Waals surface area contributed by atoms with E-state index >= 15 is 0 Å². The zero-order valence-corrected chi connectivity index (χ0v) is 10.7. The summed E-state index contributed by atoms with van der Waals surface area (Å²) in [6, 6.07) is 6.82. The Bertz CT molecular complexity index is 258. The van der Waals surface area contributed by atoms with Gasteiger partial charge >= 0.3 is 0 Å². The van der Waals surface area contributed by atoms with E-state index in [-0.39, 0.29) is 17.0 Å². The van der Waals surface area contributed by atoms with Gasteiger partial charge in [-0.3, -0.25) is 4.98 Å². The van der Waals surface area contributed by atoms with Gasteiger partial charge in [0, 0.05) is 18.8 Å². The molecular weight excluding hydrogens is 252 g/mol. The van der Waals surface area contributed by atoms with Crippen LogP contribution in [0.25, 0.3) is 0 Å². The SMILES string of the molecule is Br.c1ccc(CNC2CCCCC2)nc1. The Kier molecular flexibility index (Phi) is 5.88. The highest BCUT2D eigenvalue weighted by Gasteiger charge is 2.12. The van der Waals surface area contributed by atoms with Crippen molar-refractivity contribution < 1.29 is 0 Å². The third-order valence-electron chi connectivity index (χ3n) is 2.90. The van der Waals surface area contributed by atoms with E-state index in [0.29, 0.717) is 0 Å². The van der Waals surface area contributed by atoms with Crippen molar-refractivity contribution in [3.8, 4) is 0 Å². The van der Waals surface area contributed by atoms with Crippen molar-refractivity contribution in [2.24, 2.45) is 0 Å². The van der Waals surface area contributed by atoms with Crippen molar-refractivity contribution in [2.75, 3.05) is 0 Å². The average Bonchev–Trinajstić information content (AvgIpc) is 2.29. The predicted octanol–water partition coefficient (Wildman–Crippen LogP) is 3.08. The maximum absolute atomic E-state index is 4.30. The highest BCUT2D eigenvalue weighted by Crippen LogP contribution is 2.17. The smallest absolute Gasteiger partial charge is 0.0541 e. The molecule has 3 heteroatoms. The second-order valence-electron chi connectivity index (χ2n) is 4.04. The Balaban J connectivity index is 0.00000112. The van der Waals surface area contributed by atoms with Crippen LogP contribution in [0.2, 0.25) is 0 Å². The molecule has 0 saturated heterocycles. The van der Waals surface area contributed by atoms with Gasteiger partial charge in [-0.1, -0.05) is 25.3 Å². The standard InChI is InChI=1S/C12H18N2.BrH/c1-2-6-11(7-3-1)14-10-12-8-4-5-9-13-12;/h4-5,8-9,11,14H,1-3,6-7,10H2;1H. The van der Waals surface area contributed by atoms with Gasteiger partial charge < -0.3 is 5.32 Å². The summed E-state index contributed by atoms with van der Waals surface area (Å²) < 4.78 is 0. The topological polar surface area (TPSA) is 24.9 Å². The fraction of sp³-hybridized carbons (Fsp3) is 0.583. The zero-order valence-electron chi connectivity index (χ0n) is 8.98. The normalized spacial score (nSPS) is 17.1. The van der Waals surface area contributed by atoms with Crippen molar-refractivity contribution in [1.82, 2.24) is 10.3 Å². The summed E-state index contributed by atoms with van der Waals surface area (Å²) in [4.78, 5) is 4.30. The van der Waals surface area contributed by atoms with Gasteiger partial charge in [-0.25, -0.2) is 0 Å². The highest BCUT2D eigenvalue weighted by atomic mass is 79.9. The Labute approximate surface area is 102 Å². The fourth-order valence-corrected chi connectivity index (χ4v) is 2.06. The maximum Gasteiger partial charge on any atom is 0.0541 e. The molecule has 1 aliphatic rings.